The number of hydrogen-bond donors (Lipinski definition) is 0. The second kappa shape index (κ2) is 4.51. The molecule has 1 aromatic heterocycles. The fraction of sp³-hybridized carbons (Fsp3) is 0.200. The zero-order chi connectivity index (χ0) is 15.3. The van der Waals surface area contributed by atoms with E-state index >= 15 is 0 Å². The van der Waals surface area contributed by atoms with Crippen LogP contribution in [0.3, 0.4) is 0 Å². The lowest BCUT2D eigenvalue weighted by Gasteiger charge is -2.17. The van der Waals surface area contributed by atoms with Gasteiger partial charge in [-0.15, -0.1) is 0 Å². The molecule has 0 radical (unpaired) electrons. The topological polar surface area (TPSA) is 25.8 Å². The molecule has 22 heavy (non-hydrogen) atoms. The highest BCUT2D eigenvalue weighted by Crippen LogP contribution is 2.34. The standard InChI is InChI=1S/C20H18N2/c1-20(2,3)19-21-12-17-15-10-5-4-8-13(15)14-9-6-7-11-16(14)18(17)22-19/h4-12H,1-3H3. The SMILES string of the molecule is CC(C)(C)c1ncc2c3ccccc3c3ccccc3c2n1. The molecule has 0 saturated heterocycles. The second-order valence-electron chi connectivity index (χ2n) is 6.80. The summed E-state index contributed by atoms with van der Waals surface area (Å²) in [6.45, 7) is 6.45. The lowest BCUT2D eigenvalue weighted by atomic mass is 9.94. The highest BCUT2D eigenvalue weighted by atomic mass is 14.9. The minimum absolute atomic E-state index is 0.0546. The van der Waals surface area contributed by atoms with Gasteiger partial charge >= 0.3 is 0 Å². The van der Waals surface area contributed by atoms with Gasteiger partial charge in [-0.05, 0) is 16.2 Å². The van der Waals surface area contributed by atoms with Crippen molar-refractivity contribution in [1.82, 2.24) is 9.97 Å². The van der Waals surface area contributed by atoms with E-state index in [0.717, 1.165) is 16.7 Å². The van der Waals surface area contributed by atoms with Gasteiger partial charge in [0.15, 0.2) is 0 Å². The molecule has 0 atom stereocenters. The zero-order valence-electron chi connectivity index (χ0n) is 13.1. The first-order valence-corrected chi connectivity index (χ1v) is 7.62. The quantitative estimate of drug-likeness (QED) is 0.413. The largest absolute Gasteiger partial charge is 0.240 e. The highest BCUT2D eigenvalue weighted by Gasteiger charge is 2.19. The number of nitrogens with zero attached hydrogens (tertiary/aromatic N) is 2. The van der Waals surface area contributed by atoms with Crippen LogP contribution in [-0.4, -0.2) is 9.97 Å². The van der Waals surface area contributed by atoms with Crippen LogP contribution in [0.15, 0.2) is 54.7 Å². The maximum Gasteiger partial charge on any atom is 0.134 e. The summed E-state index contributed by atoms with van der Waals surface area (Å²) in [6.07, 6.45) is 1.98. The molecular formula is C20H18N2. The maximum absolute atomic E-state index is 4.91. The Bertz CT molecular complexity index is 975. The van der Waals surface area contributed by atoms with Crippen LogP contribution in [0.25, 0.3) is 32.4 Å². The molecule has 0 bridgehead atoms. The first-order chi connectivity index (χ1) is 10.6. The summed E-state index contributed by atoms with van der Waals surface area (Å²) >= 11 is 0. The third-order valence-corrected chi connectivity index (χ3v) is 4.15. The van der Waals surface area contributed by atoms with Gasteiger partial charge in [0.25, 0.3) is 0 Å². The van der Waals surface area contributed by atoms with Crippen LogP contribution in [-0.2, 0) is 5.41 Å². The lowest BCUT2D eigenvalue weighted by Crippen LogP contribution is -2.15. The molecule has 1 heterocycles. The monoisotopic (exact) mass is 286 g/mol. The van der Waals surface area contributed by atoms with Crippen molar-refractivity contribution in [3.8, 4) is 0 Å². The van der Waals surface area contributed by atoms with E-state index in [-0.39, 0.29) is 5.41 Å². The van der Waals surface area contributed by atoms with Crippen LogP contribution in [0, 0.1) is 0 Å². The van der Waals surface area contributed by atoms with Crippen molar-refractivity contribution >= 4 is 32.4 Å². The fourth-order valence-corrected chi connectivity index (χ4v) is 3.02. The van der Waals surface area contributed by atoms with Crippen LogP contribution in [0.1, 0.15) is 26.6 Å². The molecule has 0 aliphatic heterocycles. The normalized spacial score (nSPS) is 12.3. The summed E-state index contributed by atoms with van der Waals surface area (Å²) in [5.74, 6) is 0.889. The van der Waals surface area contributed by atoms with E-state index in [0.29, 0.717) is 0 Å². The third kappa shape index (κ3) is 1.87. The van der Waals surface area contributed by atoms with Gasteiger partial charge in [0, 0.05) is 22.4 Å². The summed E-state index contributed by atoms with van der Waals surface area (Å²) in [6, 6.07) is 17.0. The molecule has 0 unspecified atom stereocenters. The second-order valence-corrected chi connectivity index (χ2v) is 6.80. The molecule has 4 aromatic rings. The summed E-state index contributed by atoms with van der Waals surface area (Å²) in [7, 11) is 0. The van der Waals surface area contributed by atoms with Crippen molar-refractivity contribution in [3.63, 3.8) is 0 Å². The van der Waals surface area contributed by atoms with Crippen molar-refractivity contribution in [2.45, 2.75) is 26.2 Å². The zero-order valence-corrected chi connectivity index (χ0v) is 13.1. The van der Waals surface area contributed by atoms with Crippen molar-refractivity contribution in [3.05, 3.63) is 60.6 Å². The van der Waals surface area contributed by atoms with Crippen molar-refractivity contribution in [2.75, 3.05) is 0 Å². The molecule has 108 valence electrons. The number of aromatic nitrogens is 2. The molecule has 3 aromatic carbocycles. The van der Waals surface area contributed by atoms with Gasteiger partial charge in [-0.2, -0.15) is 0 Å². The minimum atomic E-state index is -0.0546. The Kier molecular flexibility index (Phi) is 2.70. The number of benzene rings is 3. The smallest absolute Gasteiger partial charge is 0.134 e. The van der Waals surface area contributed by atoms with Crippen molar-refractivity contribution in [1.29, 1.82) is 0 Å². The maximum atomic E-state index is 4.91. The molecule has 2 nitrogen and oxygen atoms in total. The van der Waals surface area contributed by atoms with Gasteiger partial charge in [-0.1, -0.05) is 69.3 Å². The lowest BCUT2D eigenvalue weighted by molar-refractivity contribution is 0.548. The van der Waals surface area contributed by atoms with Crippen LogP contribution < -0.4 is 0 Å². The molecule has 4 rings (SSSR count). The Morgan fingerprint density at radius 1 is 0.682 bits per heavy atom. The summed E-state index contributed by atoms with van der Waals surface area (Å²) < 4.78 is 0. The molecule has 0 aliphatic carbocycles. The van der Waals surface area contributed by atoms with E-state index in [1.807, 2.05) is 6.20 Å². The third-order valence-electron chi connectivity index (χ3n) is 4.15. The Morgan fingerprint density at radius 2 is 1.18 bits per heavy atom. The molecule has 0 spiro atoms. The van der Waals surface area contributed by atoms with Gasteiger partial charge in [0.05, 0.1) is 5.52 Å². The number of fused-ring (bicyclic) bond motifs is 6. The van der Waals surface area contributed by atoms with Crippen LogP contribution in [0.2, 0.25) is 0 Å². The first kappa shape index (κ1) is 13.2. The molecule has 0 fully saturated rings. The van der Waals surface area contributed by atoms with E-state index in [9.17, 15) is 0 Å². The molecule has 0 aliphatic rings. The summed E-state index contributed by atoms with van der Waals surface area (Å²) in [4.78, 5) is 9.54. The average Bonchev–Trinajstić information content (AvgIpc) is 2.54. The molecular weight excluding hydrogens is 268 g/mol. The molecule has 0 N–H and O–H groups in total. The van der Waals surface area contributed by atoms with Crippen LogP contribution in [0.5, 0.6) is 0 Å². The van der Waals surface area contributed by atoms with Gasteiger partial charge < -0.3 is 0 Å². The Hall–Kier alpha value is -2.48. The molecule has 0 saturated carbocycles. The summed E-state index contributed by atoms with van der Waals surface area (Å²) in [5.41, 5.74) is 0.996. The Balaban J connectivity index is 2.27. The van der Waals surface area contributed by atoms with Gasteiger partial charge in [0.1, 0.15) is 5.82 Å². The van der Waals surface area contributed by atoms with Crippen molar-refractivity contribution < 1.29 is 0 Å². The summed E-state index contributed by atoms with van der Waals surface area (Å²) in [5, 5.41) is 6.06. The molecule has 2 heteroatoms. The van der Waals surface area contributed by atoms with Gasteiger partial charge in [0.2, 0.25) is 0 Å². The number of rotatable bonds is 0. The predicted molar refractivity (Wildman–Crippen MR) is 93.3 cm³/mol. The highest BCUT2D eigenvalue weighted by molar-refractivity contribution is 6.23. The van der Waals surface area contributed by atoms with Crippen LogP contribution in [0.4, 0.5) is 0 Å². The van der Waals surface area contributed by atoms with Gasteiger partial charge in [-0.3, -0.25) is 0 Å². The predicted octanol–water partition coefficient (Wildman–Crippen LogP) is 5.23. The number of hydrogen-bond acceptors (Lipinski definition) is 2. The van der Waals surface area contributed by atoms with Crippen LogP contribution >= 0.6 is 0 Å². The van der Waals surface area contributed by atoms with E-state index in [1.165, 1.54) is 21.5 Å². The van der Waals surface area contributed by atoms with E-state index < -0.39 is 0 Å². The molecule has 0 amide bonds. The van der Waals surface area contributed by atoms with E-state index in [4.69, 9.17) is 4.98 Å². The Morgan fingerprint density at radius 3 is 1.77 bits per heavy atom. The first-order valence-electron chi connectivity index (χ1n) is 7.62. The van der Waals surface area contributed by atoms with Gasteiger partial charge in [-0.25, -0.2) is 9.97 Å². The Labute approximate surface area is 129 Å². The van der Waals surface area contributed by atoms with E-state index in [1.54, 1.807) is 0 Å². The average molecular weight is 286 g/mol. The van der Waals surface area contributed by atoms with E-state index in [2.05, 4.69) is 74.3 Å². The fourth-order valence-electron chi connectivity index (χ4n) is 3.02. The minimum Gasteiger partial charge on any atom is -0.240 e. The van der Waals surface area contributed by atoms with Crippen molar-refractivity contribution in [2.24, 2.45) is 0 Å².